The normalized spacial score (nSPS) is 12.5. The lowest BCUT2D eigenvalue weighted by Gasteiger charge is -2.23. The summed E-state index contributed by atoms with van der Waals surface area (Å²) in [4.78, 5) is 14.8. The van der Waals surface area contributed by atoms with Crippen LogP contribution in [0.4, 0.5) is 0 Å². The van der Waals surface area contributed by atoms with E-state index in [1.165, 1.54) is 4.88 Å². The van der Waals surface area contributed by atoms with Crippen LogP contribution in [0, 0.1) is 0 Å². The van der Waals surface area contributed by atoms with E-state index in [-0.39, 0.29) is 12.0 Å². The van der Waals surface area contributed by atoms with Crippen LogP contribution in [0.2, 0.25) is 0 Å². The molecule has 1 aromatic heterocycles. The molecule has 1 rings (SSSR count). The van der Waals surface area contributed by atoms with Gasteiger partial charge < -0.3 is 9.64 Å². The number of carbonyl (C=O) groups excluding carboxylic acids is 1. The first-order valence-electron chi connectivity index (χ1n) is 5.03. The van der Waals surface area contributed by atoms with Gasteiger partial charge in [0.25, 0.3) is 5.91 Å². The molecule has 84 valence electrons. The lowest BCUT2D eigenvalue weighted by Crippen LogP contribution is -2.37. The Morgan fingerprint density at radius 3 is 2.87 bits per heavy atom. The van der Waals surface area contributed by atoms with Gasteiger partial charge in [0.05, 0.1) is 6.54 Å². The molecule has 0 saturated heterocycles. The molecule has 0 bridgehead atoms. The zero-order valence-corrected chi connectivity index (χ0v) is 10.2. The van der Waals surface area contributed by atoms with Gasteiger partial charge in [-0.2, -0.15) is 0 Å². The van der Waals surface area contributed by atoms with E-state index in [9.17, 15) is 4.79 Å². The summed E-state index contributed by atoms with van der Waals surface area (Å²) >= 11 is 1.67. The van der Waals surface area contributed by atoms with Crippen molar-refractivity contribution in [2.24, 2.45) is 0 Å². The van der Waals surface area contributed by atoms with Gasteiger partial charge in [0.15, 0.2) is 0 Å². The monoisotopic (exact) mass is 227 g/mol. The third-order valence-corrected chi connectivity index (χ3v) is 3.18. The van der Waals surface area contributed by atoms with Crippen LogP contribution in [0.15, 0.2) is 17.5 Å². The molecule has 0 aliphatic rings. The largest absolute Gasteiger partial charge is 0.372 e. The van der Waals surface area contributed by atoms with Crippen molar-refractivity contribution in [1.82, 2.24) is 4.90 Å². The zero-order chi connectivity index (χ0) is 11.3. The number of amides is 1. The first kappa shape index (κ1) is 12.2. The molecule has 0 aliphatic heterocycles. The minimum atomic E-state index is -0.357. The highest BCUT2D eigenvalue weighted by atomic mass is 32.1. The Labute approximate surface area is 94.7 Å². The second kappa shape index (κ2) is 5.88. The summed E-state index contributed by atoms with van der Waals surface area (Å²) in [7, 11) is 1.56. The van der Waals surface area contributed by atoms with Crippen LogP contribution in [-0.4, -0.2) is 30.6 Å². The molecule has 0 aliphatic carbocycles. The molecule has 0 aromatic carbocycles. The maximum Gasteiger partial charge on any atom is 0.251 e. The van der Waals surface area contributed by atoms with Crippen molar-refractivity contribution in [3.05, 3.63) is 22.4 Å². The highest BCUT2D eigenvalue weighted by molar-refractivity contribution is 7.09. The van der Waals surface area contributed by atoms with Gasteiger partial charge >= 0.3 is 0 Å². The number of rotatable bonds is 5. The maximum absolute atomic E-state index is 11.8. The van der Waals surface area contributed by atoms with Crippen LogP contribution in [-0.2, 0) is 16.1 Å². The Balaban J connectivity index is 2.60. The van der Waals surface area contributed by atoms with E-state index in [1.807, 2.05) is 24.4 Å². The minimum absolute atomic E-state index is 0.0494. The number of carbonyl (C=O) groups is 1. The number of ether oxygens (including phenoxy) is 1. The second-order valence-corrected chi connectivity index (χ2v) is 4.34. The van der Waals surface area contributed by atoms with Gasteiger partial charge in [0, 0.05) is 18.5 Å². The third-order valence-electron chi connectivity index (χ3n) is 2.32. The number of methoxy groups -OCH3 is 1. The van der Waals surface area contributed by atoms with Crippen LogP contribution in [0.1, 0.15) is 18.7 Å². The van der Waals surface area contributed by atoms with Gasteiger partial charge in [-0.1, -0.05) is 6.07 Å². The lowest BCUT2D eigenvalue weighted by molar-refractivity contribution is -0.141. The number of thiophene rings is 1. The highest BCUT2D eigenvalue weighted by Gasteiger charge is 2.18. The van der Waals surface area contributed by atoms with E-state index in [2.05, 4.69) is 0 Å². The van der Waals surface area contributed by atoms with Gasteiger partial charge in [-0.05, 0) is 25.3 Å². The van der Waals surface area contributed by atoms with Crippen molar-refractivity contribution in [2.45, 2.75) is 26.5 Å². The number of hydrogen-bond donors (Lipinski definition) is 0. The van der Waals surface area contributed by atoms with E-state index in [4.69, 9.17) is 4.74 Å². The van der Waals surface area contributed by atoms with Crippen LogP contribution >= 0.6 is 11.3 Å². The molecular weight excluding hydrogens is 210 g/mol. The molecule has 1 heterocycles. The molecule has 4 heteroatoms. The molecule has 1 aromatic rings. The third kappa shape index (κ3) is 3.32. The molecule has 1 amide bonds. The van der Waals surface area contributed by atoms with E-state index >= 15 is 0 Å². The summed E-state index contributed by atoms with van der Waals surface area (Å²) in [6.45, 7) is 5.15. The van der Waals surface area contributed by atoms with Crippen LogP contribution in [0.3, 0.4) is 0 Å². The molecule has 1 unspecified atom stereocenters. The molecule has 1 atom stereocenters. The van der Waals surface area contributed by atoms with Crippen molar-refractivity contribution in [2.75, 3.05) is 13.7 Å². The van der Waals surface area contributed by atoms with Crippen LogP contribution in [0.25, 0.3) is 0 Å². The van der Waals surface area contributed by atoms with E-state index in [1.54, 1.807) is 30.3 Å². The quantitative estimate of drug-likeness (QED) is 0.771. The second-order valence-electron chi connectivity index (χ2n) is 3.31. The first-order chi connectivity index (χ1) is 7.19. The summed E-state index contributed by atoms with van der Waals surface area (Å²) in [5.74, 6) is 0.0494. The van der Waals surface area contributed by atoms with Crippen molar-refractivity contribution >= 4 is 17.2 Å². The topological polar surface area (TPSA) is 29.5 Å². The number of nitrogens with zero attached hydrogens (tertiary/aromatic N) is 1. The fraction of sp³-hybridized carbons (Fsp3) is 0.545. The molecule has 0 saturated carbocycles. The molecule has 0 radical (unpaired) electrons. The number of hydrogen-bond acceptors (Lipinski definition) is 3. The van der Waals surface area contributed by atoms with Crippen molar-refractivity contribution in [3.8, 4) is 0 Å². The summed E-state index contributed by atoms with van der Waals surface area (Å²) in [5.41, 5.74) is 0. The van der Waals surface area contributed by atoms with Gasteiger partial charge in [0.1, 0.15) is 6.10 Å². The van der Waals surface area contributed by atoms with Gasteiger partial charge in [-0.25, -0.2) is 0 Å². The molecular formula is C11H17NO2S. The molecule has 15 heavy (non-hydrogen) atoms. The molecule has 0 N–H and O–H groups in total. The summed E-state index contributed by atoms with van der Waals surface area (Å²) in [6.07, 6.45) is -0.357. The highest BCUT2D eigenvalue weighted by Crippen LogP contribution is 2.12. The minimum Gasteiger partial charge on any atom is -0.372 e. The Kier molecular flexibility index (Phi) is 4.78. The average Bonchev–Trinajstić information content (AvgIpc) is 2.76. The predicted molar refractivity (Wildman–Crippen MR) is 61.9 cm³/mol. The standard InChI is InChI=1S/C11H17NO2S/c1-4-12(11(13)9(2)14-3)8-10-6-5-7-15-10/h5-7,9H,4,8H2,1-3H3. The Hall–Kier alpha value is -0.870. The fourth-order valence-corrected chi connectivity index (χ4v) is 2.01. The summed E-state index contributed by atoms with van der Waals surface area (Å²) in [5, 5.41) is 2.02. The predicted octanol–water partition coefficient (Wildman–Crippen LogP) is 2.13. The van der Waals surface area contributed by atoms with E-state index in [0.717, 1.165) is 0 Å². The smallest absolute Gasteiger partial charge is 0.251 e. The zero-order valence-electron chi connectivity index (χ0n) is 9.40. The number of likely N-dealkylation sites (N-methyl/N-ethyl adjacent to an activating group) is 1. The van der Waals surface area contributed by atoms with Crippen LogP contribution in [0.5, 0.6) is 0 Å². The summed E-state index contributed by atoms with van der Waals surface area (Å²) < 4.78 is 5.03. The Morgan fingerprint density at radius 2 is 2.40 bits per heavy atom. The molecule has 0 fully saturated rings. The van der Waals surface area contributed by atoms with Crippen LogP contribution < -0.4 is 0 Å². The van der Waals surface area contributed by atoms with E-state index in [0.29, 0.717) is 13.1 Å². The maximum atomic E-state index is 11.8. The Morgan fingerprint density at radius 1 is 1.67 bits per heavy atom. The first-order valence-corrected chi connectivity index (χ1v) is 5.91. The van der Waals surface area contributed by atoms with Crippen molar-refractivity contribution < 1.29 is 9.53 Å². The average molecular weight is 227 g/mol. The molecule has 0 spiro atoms. The van der Waals surface area contributed by atoms with Gasteiger partial charge in [-0.15, -0.1) is 11.3 Å². The summed E-state index contributed by atoms with van der Waals surface area (Å²) in [6, 6.07) is 4.04. The van der Waals surface area contributed by atoms with Gasteiger partial charge in [0.2, 0.25) is 0 Å². The fourth-order valence-electron chi connectivity index (χ4n) is 1.29. The SMILES string of the molecule is CCN(Cc1cccs1)C(=O)C(C)OC. The van der Waals surface area contributed by atoms with Crippen molar-refractivity contribution in [3.63, 3.8) is 0 Å². The van der Waals surface area contributed by atoms with Crippen molar-refractivity contribution in [1.29, 1.82) is 0 Å². The Bertz CT molecular complexity index is 298. The van der Waals surface area contributed by atoms with E-state index < -0.39 is 0 Å². The molecule has 3 nitrogen and oxygen atoms in total. The lowest BCUT2D eigenvalue weighted by atomic mass is 10.3. The van der Waals surface area contributed by atoms with Gasteiger partial charge in [-0.3, -0.25) is 4.79 Å².